The molecule has 0 saturated carbocycles. The van der Waals surface area contributed by atoms with E-state index in [1.54, 1.807) is 65.8 Å². The van der Waals surface area contributed by atoms with Gasteiger partial charge in [0.2, 0.25) is 21.7 Å². The summed E-state index contributed by atoms with van der Waals surface area (Å²) in [5, 5.41) is 31.0. The number of amides is 4. The fourth-order valence-corrected chi connectivity index (χ4v) is 6.01. The first kappa shape index (κ1) is 37.2. The lowest BCUT2D eigenvalue weighted by atomic mass is 9.82. The first-order valence-corrected chi connectivity index (χ1v) is 16.7. The van der Waals surface area contributed by atoms with E-state index in [0.717, 1.165) is 28.1 Å². The maximum absolute atomic E-state index is 12.9. The molecule has 0 aliphatic carbocycles. The van der Waals surface area contributed by atoms with Gasteiger partial charge in [-0.1, -0.05) is 44.2 Å². The van der Waals surface area contributed by atoms with Gasteiger partial charge in [-0.3, -0.25) is 19.8 Å². The molecule has 1 unspecified atom stereocenters. The molecule has 7 N–H and O–H groups in total. The zero-order valence-electron chi connectivity index (χ0n) is 26.7. The summed E-state index contributed by atoms with van der Waals surface area (Å²) in [6.45, 7) is 11.6. The molecular formula is C28H43N7O8S2. The van der Waals surface area contributed by atoms with Crippen molar-refractivity contribution in [1.29, 1.82) is 0 Å². The molecule has 0 aliphatic rings. The Balaban J connectivity index is 2.32. The van der Waals surface area contributed by atoms with Gasteiger partial charge in [-0.25, -0.2) is 27.7 Å². The number of carboxylic acid groups (broad SMARTS) is 2. The Morgan fingerprint density at radius 1 is 0.956 bits per heavy atom. The molecule has 0 radical (unpaired) electrons. The van der Waals surface area contributed by atoms with Crippen LogP contribution < -0.4 is 26.0 Å². The number of carbonyl (C=O) groups excluding carboxylic acids is 2. The van der Waals surface area contributed by atoms with Crippen LogP contribution in [0.3, 0.4) is 0 Å². The van der Waals surface area contributed by atoms with Crippen LogP contribution in [-0.4, -0.2) is 83.2 Å². The number of benzene rings is 1. The molecule has 0 spiro atoms. The minimum atomic E-state index is -3.41. The number of anilines is 2. The van der Waals surface area contributed by atoms with Gasteiger partial charge in [0, 0.05) is 36.7 Å². The van der Waals surface area contributed by atoms with Crippen molar-refractivity contribution in [3.8, 4) is 0 Å². The van der Waals surface area contributed by atoms with Crippen molar-refractivity contribution in [2.75, 3.05) is 30.0 Å². The highest BCUT2D eigenvalue weighted by molar-refractivity contribution is 7.88. The second-order valence-corrected chi connectivity index (χ2v) is 15.2. The van der Waals surface area contributed by atoms with Gasteiger partial charge in [0.1, 0.15) is 4.88 Å². The van der Waals surface area contributed by atoms with Crippen molar-refractivity contribution in [3.63, 3.8) is 0 Å². The quantitative estimate of drug-likeness (QED) is 0.122. The number of thiazole rings is 1. The Morgan fingerprint density at radius 3 is 2.02 bits per heavy atom. The van der Waals surface area contributed by atoms with Crippen LogP contribution in [0.15, 0.2) is 24.3 Å². The van der Waals surface area contributed by atoms with Gasteiger partial charge in [0.25, 0.3) is 5.91 Å². The molecule has 0 bridgehead atoms. The Bertz CT molecular complexity index is 1500. The highest BCUT2D eigenvalue weighted by Crippen LogP contribution is 2.39. The van der Waals surface area contributed by atoms with E-state index in [1.165, 1.54) is 6.92 Å². The minimum Gasteiger partial charge on any atom is -0.465 e. The fraction of sp³-hybridized carbons (Fsp3) is 0.536. The number of aromatic nitrogens is 1. The summed E-state index contributed by atoms with van der Waals surface area (Å²) in [7, 11) is -3.41. The molecule has 1 heterocycles. The molecule has 0 fully saturated rings. The maximum Gasteiger partial charge on any atom is 0.411 e. The topological polar surface area (TPSA) is 219 Å². The van der Waals surface area contributed by atoms with Gasteiger partial charge in [-0.05, 0) is 51.3 Å². The lowest BCUT2D eigenvalue weighted by Gasteiger charge is -2.55. The van der Waals surface area contributed by atoms with E-state index in [2.05, 4.69) is 31.0 Å². The highest BCUT2D eigenvalue weighted by atomic mass is 32.2. The maximum atomic E-state index is 12.9. The summed E-state index contributed by atoms with van der Waals surface area (Å²) in [6.07, 6.45) is -0.929. The van der Waals surface area contributed by atoms with Crippen molar-refractivity contribution in [1.82, 2.24) is 25.2 Å². The van der Waals surface area contributed by atoms with Crippen molar-refractivity contribution in [3.05, 3.63) is 40.4 Å². The third-order valence-electron chi connectivity index (χ3n) is 6.46. The third kappa shape index (κ3) is 10.6. The first-order chi connectivity index (χ1) is 20.6. The van der Waals surface area contributed by atoms with Gasteiger partial charge in [0.05, 0.1) is 11.9 Å². The summed E-state index contributed by atoms with van der Waals surface area (Å²) in [4.78, 5) is 54.7. The zero-order chi connectivity index (χ0) is 34.4. The largest absolute Gasteiger partial charge is 0.465 e. The van der Waals surface area contributed by atoms with Gasteiger partial charge < -0.3 is 26.2 Å². The number of rotatable bonds is 13. The summed E-state index contributed by atoms with van der Waals surface area (Å²) in [5.74, 6) is -2.57. The third-order valence-corrected chi connectivity index (χ3v) is 8.20. The Labute approximate surface area is 267 Å². The van der Waals surface area contributed by atoms with Crippen LogP contribution >= 0.6 is 11.3 Å². The van der Waals surface area contributed by atoms with Crippen molar-refractivity contribution >= 4 is 56.2 Å². The van der Waals surface area contributed by atoms with E-state index in [4.69, 9.17) is 0 Å². The second kappa shape index (κ2) is 14.4. The van der Waals surface area contributed by atoms with Gasteiger partial charge in [-0.2, -0.15) is 0 Å². The summed E-state index contributed by atoms with van der Waals surface area (Å²) >= 11 is 1.01. The van der Waals surface area contributed by atoms with Crippen LogP contribution in [0, 0.1) is 5.41 Å². The highest BCUT2D eigenvalue weighted by Gasteiger charge is 2.54. The molecule has 17 heteroatoms. The predicted octanol–water partition coefficient (Wildman–Crippen LogP) is 3.32. The van der Waals surface area contributed by atoms with Crippen LogP contribution in [0.5, 0.6) is 0 Å². The number of hydrogen-bond acceptors (Lipinski definition) is 9. The van der Waals surface area contributed by atoms with E-state index in [-0.39, 0.29) is 29.0 Å². The molecule has 0 saturated heterocycles. The van der Waals surface area contributed by atoms with Crippen LogP contribution in [0.1, 0.15) is 69.4 Å². The average Bonchev–Trinajstić information content (AvgIpc) is 3.25. The molecule has 0 aliphatic heterocycles. The molecule has 4 amide bonds. The Kier molecular flexibility index (Phi) is 11.9. The smallest absolute Gasteiger partial charge is 0.411 e. The molecule has 250 valence electrons. The molecule has 1 aromatic heterocycles. The van der Waals surface area contributed by atoms with E-state index < -0.39 is 44.9 Å². The predicted molar refractivity (Wildman–Crippen MR) is 172 cm³/mol. The van der Waals surface area contributed by atoms with E-state index in [9.17, 15) is 37.8 Å². The number of aryl methyl sites for hydroxylation is 2. The lowest BCUT2D eigenvalue weighted by Crippen LogP contribution is -2.76. The molecular weight excluding hydrogens is 626 g/mol. The average molecular weight is 670 g/mol. The van der Waals surface area contributed by atoms with Gasteiger partial charge >= 0.3 is 12.2 Å². The molecule has 1 atom stereocenters. The number of carbonyl (C=O) groups is 4. The SMILES string of the molecule is CC(=O)Nc1nc(CCc2ccc(NC(NC(=O)O)(N(C(=O)O)C(C)(C)C)C(C)(C)C)cc2)c(C(=O)NCCNS(C)(=O)=O)s1. The second-order valence-electron chi connectivity index (χ2n) is 12.4. The minimum absolute atomic E-state index is 0.0100. The van der Waals surface area contributed by atoms with Gasteiger partial charge in [0.15, 0.2) is 5.13 Å². The summed E-state index contributed by atoms with van der Waals surface area (Å²) in [6, 6.07) is 6.98. The number of hydrogen-bond donors (Lipinski definition) is 7. The van der Waals surface area contributed by atoms with Crippen LogP contribution in [0.2, 0.25) is 0 Å². The monoisotopic (exact) mass is 669 g/mol. The van der Waals surface area contributed by atoms with Gasteiger partial charge in [-0.15, -0.1) is 0 Å². The lowest BCUT2D eigenvalue weighted by molar-refractivity contribution is -0.114. The molecule has 2 aromatic rings. The molecule has 15 nitrogen and oxygen atoms in total. The first-order valence-electron chi connectivity index (χ1n) is 14.0. The molecule has 2 rings (SSSR count). The normalized spacial score (nSPS) is 13.3. The van der Waals surface area contributed by atoms with E-state index in [1.807, 2.05) is 0 Å². The van der Waals surface area contributed by atoms with Crippen molar-refractivity contribution in [2.24, 2.45) is 5.41 Å². The van der Waals surface area contributed by atoms with Crippen molar-refractivity contribution in [2.45, 2.75) is 72.6 Å². The Morgan fingerprint density at radius 2 is 1.56 bits per heavy atom. The number of sulfonamides is 1. The van der Waals surface area contributed by atoms with Crippen LogP contribution in [0.4, 0.5) is 20.4 Å². The molecule has 45 heavy (non-hydrogen) atoms. The van der Waals surface area contributed by atoms with E-state index in [0.29, 0.717) is 24.2 Å². The standard InChI is InChI=1S/C28H43N7O8S2/c1-17(36)31-23-32-20(21(44-23)22(37)29-15-16-30-45(8,42)43)14-11-18-9-12-19(13-10-18)33-28(26(2,3)4,34-24(38)39)35(25(40)41)27(5,6)7/h9-10,12-13,30,33-34H,11,14-16H2,1-8H3,(H,29,37)(H,38,39)(H,40,41)(H,31,32,36). The van der Waals surface area contributed by atoms with Crippen LogP contribution in [0.25, 0.3) is 0 Å². The van der Waals surface area contributed by atoms with Crippen molar-refractivity contribution < 1.29 is 37.8 Å². The fourth-order valence-electron chi connectivity index (χ4n) is 4.56. The summed E-state index contributed by atoms with van der Waals surface area (Å²) < 4.78 is 24.8. The zero-order valence-corrected chi connectivity index (χ0v) is 28.3. The van der Waals surface area contributed by atoms with Crippen LogP contribution in [-0.2, 0) is 27.7 Å². The number of nitrogens with one attached hydrogen (secondary N) is 5. The van der Waals surface area contributed by atoms with E-state index >= 15 is 0 Å². The Hall–Kier alpha value is -3.96. The summed E-state index contributed by atoms with van der Waals surface area (Å²) in [5.41, 5.74) is -0.200. The molecule has 1 aromatic carbocycles. The number of nitrogens with zero attached hydrogens (tertiary/aromatic N) is 2.